The largest absolute Gasteiger partial charge is 2.00 e. The molecule has 2 aromatic carbocycles. The fourth-order valence-electron chi connectivity index (χ4n) is 3.74. The van der Waals surface area contributed by atoms with Gasteiger partial charge in [-0.1, -0.05) is 63.8 Å². The minimum atomic E-state index is -3.90. The molecular weight excluding hydrogens is 542 g/mol. The summed E-state index contributed by atoms with van der Waals surface area (Å²) >= 11 is 0. The van der Waals surface area contributed by atoms with E-state index in [1.807, 2.05) is 13.8 Å². The molecule has 0 radical (unpaired) electrons. The maximum absolute atomic E-state index is 12.1. The van der Waals surface area contributed by atoms with Crippen molar-refractivity contribution < 1.29 is 38.2 Å². The van der Waals surface area contributed by atoms with Gasteiger partial charge in [0.1, 0.15) is 26.7 Å². The average molecular weight is 583 g/mol. The van der Waals surface area contributed by atoms with Gasteiger partial charge in [0.25, 0.3) is 0 Å². The Morgan fingerprint density at radius 3 is 1.22 bits per heavy atom. The van der Waals surface area contributed by atoms with Crippen LogP contribution in [0.25, 0.3) is 0 Å². The first-order chi connectivity index (χ1) is 17.0. The molecule has 0 aliphatic rings. The minimum absolute atomic E-state index is 0. The van der Waals surface area contributed by atoms with Gasteiger partial charge in [0.15, 0.2) is 0 Å². The van der Waals surface area contributed by atoms with E-state index in [1.54, 1.807) is 38.1 Å². The van der Waals surface area contributed by atoms with Crippen molar-refractivity contribution in [2.24, 2.45) is 0 Å². The molecule has 2 N–H and O–H groups in total. The Hall–Kier alpha value is -0.400. The van der Waals surface area contributed by atoms with Crippen LogP contribution in [0, 0.1) is 0 Å². The van der Waals surface area contributed by atoms with Gasteiger partial charge in [-0.05, 0) is 62.1 Å². The van der Waals surface area contributed by atoms with E-state index in [4.69, 9.17) is 9.05 Å². The van der Waals surface area contributed by atoms with Crippen LogP contribution in [0.4, 0.5) is 0 Å². The maximum Gasteiger partial charge on any atom is 2.00 e. The standard InChI is InChI=1S/2C13H21O4P.Ca/c2*1-3-5-6-13(18(15,16)17-4-2)11-7-9-12(14)10-8-11;/h2*7-10,13-14H,3-6H2,1-2H3,(H,15,16);/q;;+2/p-2. The zero-order valence-corrected chi connectivity index (χ0v) is 26.4. The monoisotopic (exact) mass is 582 g/mol. The molecule has 4 atom stereocenters. The van der Waals surface area contributed by atoms with Crippen LogP contribution >= 0.6 is 15.2 Å². The van der Waals surface area contributed by atoms with Crippen molar-refractivity contribution in [2.45, 2.75) is 77.5 Å². The number of aromatic hydroxyl groups is 2. The molecule has 0 heterocycles. The molecule has 2 rings (SSSR count). The van der Waals surface area contributed by atoms with Gasteiger partial charge in [-0.25, -0.2) is 0 Å². The third-order valence-electron chi connectivity index (χ3n) is 5.60. The Balaban J connectivity index is 0.000000682. The molecule has 2 aromatic rings. The number of phenolic OH excluding ortho intramolecular Hbond substituents is 2. The second kappa shape index (κ2) is 18.8. The van der Waals surface area contributed by atoms with Crippen molar-refractivity contribution in [1.82, 2.24) is 0 Å². The summed E-state index contributed by atoms with van der Waals surface area (Å²) < 4.78 is 34.0. The number of hydrogen-bond donors (Lipinski definition) is 2. The summed E-state index contributed by atoms with van der Waals surface area (Å²) in [6.07, 6.45) is 4.60. The Morgan fingerprint density at radius 2 is 0.973 bits per heavy atom. The molecule has 11 heteroatoms. The number of benzene rings is 2. The fourth-order valence-corrected chi connectivity index (χ4v) is 6.89. The van der Waals surface area contributed by atoms with Crippen LogP contribution in [0.2, 0.25) is 0 Å². The number of phenols is 2. The zero-order chi connectivity index (χ0) is 27.2. The van der Waals surface area contributed by atoms with E-state index in [0.29, 0.717) is 24.0 Å². The summed E-state index contributed by atoms with van der Waals surface area (Å²) in [5.74, 6) is 0.260. The summed E-state index contributed by atoms with van der Waals surface area (Å²) in [7, 11) is -7.80. The van der Waals surface area contributed by atoms with E-state index in [9.17, 15) is 29.1 Å². The molecule has 0 saturated carbocycles. The average Bonchev–Trinajstić information content (AvgIpc) is 2.82. The van der Waals surface area contributed by atoms with Gasteiger partial charge in [-0.3, -0.25) is 0 Å². The molecule has 0 amide bonds. The summed E-state index contributed by atoms with van der Waals surface area (Å²) in [5, 5.41) is 18.5. The third-order valence-corrected chi connectivity index (χ3v) is 9.48. The van der Waals surface area contributed by atoms with Crippen molar-refractivity contribution in [2.75, 3.05) is 13.2 Å². The van der Waals surface area contributed by atoms with Gasteiger partial charge in [0.2, 0.25) is 0 Å². The van der Waals surface area contributed by atoms with Gasteiger partial charge in [-0.2, -0.15) is 0 Å². The van der Waals surface area contributed by atoms with Gasteiger partial charge in [0.05, 0.1) is 13.2 Å². The second-order valence-electron chi connectivity index (χ2n) is 8.41. The topological polar surface area (TPSA) is 139 Å². The van der Waals surface area contributed by atoms with Crippen LogP contribution in [0.5, 0.6) is 11.5 Å². The van der Waals surface area contributed by atoms with Crippen molar-refractivity contribution in [3.8, 4) is 11.5 Å². The molecule has 8 nitrogen and oxygen atoms in total. The van der Waals surface area contributed by atoms with E-state index >= 15 is 0 Å². The second-order valence-corrected chi connectivity index (χ2v) is 12.3. The molecule has 204 valence electrons. The van der Waals surface area contributed by atoms with Gasteiger partial charge >= 0.3 is 37.7 Å². The summed E-state index contributed by atoms with van der Waals surface area (Å²) in [5.41, 5.74) is 0.0945. The number of unbranched alkanes of at least 4 members (excludes halogenated alkanes) is 2. The quantitative estimate of drug-likeness (QED) is 0.203. The van der Waals surface area contributed by atoms with E-state index in [-0.39, 0.29) is 62.5 Å². The molecule has 37 heavy (non-hydrogen) atoms. The Labute approximate surface area is 251 Å². The predicted molar refractivity (Wildman–Crippen MR) is 145 cm³/mol. The molecule has 4 unspecified atom stereocenters. The maximum atomic E-state index is 12.1. The van der Waals surface area contributed by atoms with Gasteiger partial charge in [-0.15, -0.1) is 0 Å². The SMILES string of the molecule is CCCCC(c1ccc(O)cc1)P(=O)([O-])OCC.CCCCC(c1ccc(O)cc1)P(=O)([O-])OCC.[Ca+2]. The van der Waals surface area contributed by atoms with Crippen LogP contribution < -0.4 is 9.79 Å². The molecular formula is C26H40CaO8P2. The number of hydrogen-bond acceptors (Lipinski definition) is 8. The van der Waals surface area contributed by atoms with Gasteiger partial charge < -0.3 is 38.2 Å². The molecule has 0 aromatic heterocycles. The predicted octanol–water partition coefficient (Wildman–Crippen LogP) is 6.05. The normalized spacial score (nSPS) is 15.7. The first-order valence-corrected chi connectivity index (χ1v) is 15.7. The molecule has 0 fully saturated rings. The summed E-state index contributed by atoms with van der Waals surface area (Å²) in [6, 6.07) is 12.6. The first kappa shape index (κ1) is 36.6. The molecule has 0 aliphatic carbocycles. The van der Waals surface area contributed by atoms with Crippen LogP contribution in [0.3, 0.4) is 0 Å². The van der Waals surface area contributed by atoms with E-state index in [2.05, 4.69) is 0 Å². The number of rotatable bonds is 14. The van der Waals surface area contributed by atoms with Crippen molar-refractivity contribution >= 4 is 52.9 Å². The van der Waals surface area contributed by atoms with Crippen molar-refractivity contribution in [3.63, 3.8) is 0 Å². The fraction of sp³-hybridized carbons (Fsp3) is 0.538. The Bertz CT molecular complexity index is 890. The molecule has 0 spiro atoms. The summed E-state index contributed by atoms with van der Waals surface area (Å²) in [4.78, 5) is 24.1. The van der Waals surface area contributed by atoms with Gasteiger partial charge in [0, 0.05) is 11.3 Å². The van der Waals surface area contributed by atoms with Crippen molar-refractivity contribution in [3.05, 3.63) is 59.7 Å². The first-order valence-electron chi connectivity index (χ1n) is 12.5. The zero-order valence-electron chi connectivity index (χ0n) is 22.4. The third kappa shape index (κ3) is 13.0. The van der Waals surface area contributed by atoms with Crippen LogP contribution in [-0.4, -0.2) is 61.2 Å². The smallest absolute Gasteiger partial charge is 0.778 e. The Kier molecular flexibility index (Phi) is 18.6. The van der Waals surface area contributed by atoms with Crippen LogP contribution in [0.1, 0.15) is 88.7 Å². The molecule has 0 bridgehead atoms. The Morgan fingerprint density at radius 1 is 0.676 bits per heavy atom. The van der Waals surface area contributed by atoms with Crippen LogP contribution in [0.15, 0.2) is 48.5 Å². The molecule has 0 aliphatic heterocycles. The van der Waals surface area contributed by atoms with E-state index < -0.39 is 26.5 Å². The summed E-state index contributed by atoms with van der Waals surface area (Å²) in [6.45, 7) is 7.67. The minimum Gasteiger partial charge on any atom is -0.778 e. The van der Waals surface area contributed by atoms with Crippen molar-refractivity contribution in [1.29, 1.82) is 0 Å². The van der Waals surface area contributed by atoms with E-state index in [1.165, 1.54) is 24.3 Å². The molecule has 0 saturated heterocycles. The van der Waals surface area contributed by atoms with Crippen LogP contribution in [-0.2, 0) is 18.2 Å². The van der Waals surface area contributed by atoms with E-state index in [0.717, 1.165) is 25.7 Å².